The van der Waals surface area contributed by atoms with Gasteiger partial charge in [-0.3, -0.25) is 4.79 Å². The molecule has 24 heavy (non-hydrogen) atoms. The van der Waals surface area contributed by atoms with Crippen LogP contribution in [0.1, 0.15) is 45.4 Å². The predicted octanol–water partition coefficient (Wildman–Crippen LogP) is 2.16. The largest absolute Gasteiger partial charge is 0.368 e. The highest BCUT2D eigenvalue weighted by atomic mass is 16.5. The fourth-order valence-electron chi connectivity index (χ4n) is 3.66. The number of hydrogen-bond acceptors (Lipinski definition) is 5. The monoisotopic (exact) mass is 332 g/mol. The fraction of sp³-hybridized carbons (Fsp3) is 0.722. The molecule has 0 spiro atoms. The van der Waals surface area contributed by atoms with Crippen LogP contribution in [0.15, 0.2) is 18.5 Å². The van der Waals surface area contributed by atoms with Crippen LogP contribution in [0.5, 0.6) is 0 Å². The van der Waals surface area contributed by atoms with Crippen LogP contribution in [0, 0.1) is 5.92 Å². The van der Waals surface area contributed by atoms with E-state index in [-0.39, 0.29) is 24.7 Å². The second-order valence-corrected chi connectivity index (χ2v) is 6.99. The first-order valence-corrected chi connectivity index (χ1v) is 9.15. The first kappa shape index (κ1) is 17.1. The smallest absolute Gasteiger partial charge is 0.246 e. The SMILES string of the molecule is CC1CCCCC1OCC(=O)NC1CCN(c2ncccn2)CC1. The van der Waals surface area contributed by atoms with Crippen LogP contribution in [0.25, 0.3) is 0 Å². The molecule has 1 aliphatic heterocycles. The summed E-state index contributed by atoms with van der Waals surface area (Å²) < 4.78 is 5.85. The zero-order chi connectivity index (χ0) is 16.8. The number of aromatic nitrogens is 2. The number of nitrogens with zero attached hydrogens (tertiary/aromatic N) is 3. The lowest BCUT2D eigenvalue weighted by Crippen LogP contribution is -2.46. The molecule has 0 bridgehead atoms. The molecule has 2 heterocycles. The van der Waals surface area contributed by atoms with Gasteiger partial charge in [-0.25, -0.2) is 9.97 Å². The van der Waals surface area contributed by atoms with Crippen molar-refractivity contribution in [3.63, 3.8) is 0 Å². The number of rotatable bonds is 5. The normalized spacial score (nSPS) is 25.5. The Morgan fingerprint density at radius 2 is 1.92 bits per heavy atom. The molecule has 2 atom stereocenters. The lowest BCUT2D eigenvalue weighted by atomic mass is 9.88. The van der Waals surface area contributed by atoms with Crippen LogP contribution >= 0.6 is 0 Å². The molecule has 1 N–H and O–H groups in total. The standard InChI is InChI=1S/C18H28N4O2/c1-14-5-2-3-6-16(14)24-13-17(23)21-15-7-11-22(12-8-15)18-19-9-4-10-20-18/h4,9-10,14-16H,2-3,5-8,11-13H2,1H3,(H,21,23). The van der Waals surface area contributed by atoms with E-state index in [9.17, 15) is 4.79 Å². The summed E-state index contributed by atoms with van der Waals surface area (Å²) in [6.07, 6.45) is 10.4. The van der Waals surface area contributed by atoms with E-state index in [0.29, 0.717) is 5.92 Å². The summed E-state index contributed by atoms with van der Waals surface area (Å²) in [6, 6.07) is 2.05. The topological polar surface area (TPSA) is 67.3 Å². The number of anilines is 1. The molecule has 6 heteroatoms. The quantitative estimate of drug-likeness (QED) is 0.895. The number of piperidine rings is 1. The molecule has 0 radical (unpaired) electrons. The number of amides is 1. The van der Waals surface area contributed by atoms with E-state index in [1.54, 1.807) is 12.4 Å². The van der Waals surface area contributed by atoms with E-state index in [2.05, 4.69) is 27.1 Å². The van der Waals surface area contributed by atoms with Crippen molar-refractivity contribution in [2.24, 2.45) is 5.92 Å². The molecule has 2 unspecified atom stereocenters. The van der Waals surface area contributed by atoms with Crippen molar-refractivity contribution >= 4 is 11.9 Å². The highest BCUT2D eigenvalue weighted by Gasteiger charge is 2.25. The summed E-state index contributed by atoms with van der Waals surface area (Å²) in [7, 11) is 0. The molecule has 2 fully saturated rings. The summed E-state index contributed by atoms with van der Waals surface area (Å²) in [5.74, 6) is 1.36. The molecule has 1 aromatic heterocycles. The van der Waals surface area contributed by atoms with Crippen molar-refractivity contribution in [2.45, 2.75) is 57.6 Å². The van der Waals surface area contributed by atoms with Crippen molar-refractivity contribution in [1.29, 1.82) is 0 Å². The molecule has 1 aromatic rings. The Bertz CT molecular complexity index is 517. The van der Waals surface area contributed by atoms with Crippen LogP contribution in [-0.2, 0) is 9.53 Å². The number of hydrogen-bond donors (Lipinski definition) is 1. The van der Waals surface area contributed by atoms with Gasteiger partial charge < -0.3 is 15.0 Å². The summed E-state index contributed by atoms with van der Waals surface area (Å²) in [6.45, 7) is 4.16. The maximum Gasteiger partial charge on any atom is 0.246 e. The molecule has 0 aromatic carbocycles. The Labute approximate surface area is 144 Å². The Morgan fingerprint density at radius 1 is 1.21 bits per heavy atom. The third kappa shape index (κ3) is 4.66. The molecule has 6 nitrogen and oxygen atoms in total. The average Bonchev–Trinajstić information content (AvgIpc) is 2.62. The van der Waals surface area contributed by atoms with E-state index in [4.69, 9.17) is 4.74 Å². The predicted molar refractivity (Wildman–Crippen MR) is 92.8 cm³/mol. The van der Waals surface area contributed by atoms with Gasteiger partial charge in [-0.05, 0) is 37.7 Å². The number of carbonyl (C=O) groups excluding carboxylic acids is 1. The van der Waals surface area contributed by atoms with E-state index in [1.807, 2.05) is 6.07 Å². The maximum absolute atomic E-state index is 12.1. The van der Waals surface area contributed by atoms with Gasteiger partial charge in [-0.1, -0.05) is 19.8 Å². The van der Waals surface area contributed by atoms with Gasteiger partial charge in [0.15, 0.2) is 0 Å². The molecule has 1 amide bonds. The van der Waals surface area contributed by atoms with Gasteiger partial charge in [0, 0.05) is 31.5 Å². The number of carbonyl (C=O) groups is 1. The second-order valence-electron chi connectivity index (χ2n) is 6.99. The van der Waals surface area contributed by atoms with Crippen LogP contribution in [0.4, 0.5) is 5.95 Å². The fourth-order valence-corrected chi connectivity index (χ4v) is 3.66. The Balaban J connectivity index is 1.37. The summed E-state index contributed by atoms with van der Waals surface area (Å²) in [5, 5.41) is 3.11. The zero-order valence-electron chi connectivity index (χ0n) is 14.5. The van der Waals surface area contributed by atoms with Crippen LogP contribution in [-0.4, -0.2) is 47.7 Å². The van der Waals surface area contributed by atoms with Gasteiger partial charge in [0.25, 0.3) is 0 Å². The van der Waals surface area contributed by atoms with Crippen LogP contribution in [0.3, 0.4) is 0 Å². The number of ether oxygens (including phenoxy) is 1. The minimum atomic E-state index is 0.0159. The lowest BCUT2D eigenvalue weighted by Gasteiger charge is -2.32. The molecular formula is C18H28N4O2. The molecule has 132 valence electrons. The minimum Gasteiger partial charge on any atom is -0.368 e. The van der Waals surface area contributed by atoms with Crippen molar-refractivity contribution in [2.75, 3.05) is 24.6 Å². The van der Waals surface area contributed by atoms with Crippen LogP contribution < -0.4 is 10.2 Å². The van der Waals surface area contributed by atoms with Gasteiger partial charge in [-0.2, -0.15) is 0 Å². The zero-order valence-corrected chi connectivity index (χ0v) is 14.5. The van der Waals surface area contributed by atoms with Crippen molar-refractivity contribution in [1.82, 2.24) is 15.3 Å². The third-order valence-electron chi connectivity index (χ3n) is 5.16. The maximum atomic E-state index is 12.1. The number of nitrogens with one attached hydrogen (secondary N) is 1. The highest BCUT2D eigenvalue weighted by molar-refractivity contribution is 5.77. The molecule has 3 rings (SSSR count). The van der Waals surface area contributed by atoms with Gasteiger partial charge in [0.05, 0.1) is 6.10 Å². The van der Waals surface area contributed by atoms with Crippen molar-refractivity contribution in [3.8, 4) is 0 Å². The van der Waals surface area contributed by atoms with Crippen molar-refractivity contribution < 1.29 is 9.53 Å². The Morgan fingerprint density at radius 3 is 2.62 bits per heavy atom. The molecule has 1 aliphatic carbocycles. The summed E-state index contributed by atoms with van der Waals surface area (Å²) >= 11 is 0. The first-order chi connectivity index (χ1) is 11.7. The van der Waals surface area contributed by atoms with E-state index >= 15 is 0 Å². The Hall–Kier alpha value is -1.69. The second kappa shape index (κ2) is 8.42. The van der Waals surface area contributed by atoms with E-state index in [0.717, 1.165) is 38.3 Å². The highest BCUT2D eigenvalue weighted by Crippen LogP contribution is 2.26. The minimum absolute atomic E-state index is 0.0159. The molecule has 1 saturated carbocycles. The van der Waals surface area contributed by atoms with Gasteiger partial charge in [0.1, 0.15) is 6.61 Å². The summed E-state index contributed by atoms with van der Waals surface area (Å²) in [5.41, 5.74) is 0. The third-order valence-corrected chi connectivity index (χ3v) is 5.16. The Kier molecular flexibility index (Phi) is 6.01. The first-order valence-electron chi connectivity index (χ1n) is 9.15. The lowest BCUT2D eigenvalue weighted by molar-refractivity contribution is -0.130. The van der Waals surface area contributed by atoms with Crippen molar-refractivity contribution in [3.05, 3.63) is 18.5 Å². The summed E-state index contributed by atoms with van der Waals surface area (Å²) in [4.78, 5) is 22.9. The average molecular weight is 332 g/mol. The van der Waals surface area contributed by atoms with E-state index < -0.39 is 0 Å². The molecule has 2 aliphatic rings. The van der Waals surface area contributed by atoms with Gasteiger partial charge in [0.2, 0.25) is 11.9 Å². The van der Waals surface area contributed by atoms with Gasteiger partial charge >= 0.3 is 0 Å². The molecular weight excluding hydrogens is 304 g/mol. The van der Waals surface area contributed by atoms with E-state index in [1.165, 1.54) is 19.3 Å². The van der Waals surface area contributed by atoms with Crippen LogP contribution in [0.2, 0.25) is 0 Å². The molecule has 1 saturated heterocycles. The van der Waals surface area contributed by atoms with Gasteiger partial charge in [-0.15, -0.1) is 0 Å².